The third-order valence-corrected chi connectivity index (χ3v) is 5.42. The summed E-state index contributed by atoms with van der Waals surface area (Å²) in [6.07, 6.45) is 3.54. The van der Waals surface area contributed by atoms with E-state index in [0.717, 1.165) is 17.2 Å². The standard InChI is InChI=1S/C26H18F3N3O/c1-33-18-8-6-17(7-9-18)19-10-5-16(13-22(19)28)14-32-12-11-23-24(15-32)31-26(30-23)20-3-2-4-21(27)25(20)29/h2-13,15H,14H2,1H3. The zero-order valence-corrected chi connectivity index (χ0v) is 17.6. The Labute approximate surface area is 188 Å². The highest BCUT2D eigenvalue weighted by molar-refractivity contribution is 5.67. The van der Waals surface area contributed by atoms with Gasteiger partial charge in [0.1, 0.15) is 17.3 Å². The van der Waals surface area contributed by atoms with Gasteiger partial charge in [-0.1, -0.05) is 30.3 Å². The Balaban J connectivity index is 1.40. The Morgan fingerprint density at radius 1 is 0.818 bits per heavy atom. The number of halogens is 3. The summed E-state index contributed by atoms with van der Waals surface area (Å²) in [6, 6.07) is 18.0. The number of hydrogen-bond donors (Lipinski definition) is 0. The molecule has 5 rings (SSSR count). The number of imidazole rings is 1. The van der Waals surface area contributed by atoms with Crippen LogP contribution in [0.25, 0.3) is 33.9 Å². The minimum Gasteiger partial charge on any atom is -0.497 e. The van der Waals surface area contributed by atoms with Gasteiger partial charge in [0.25, 0.3) is 0 Å². The SMILES string of the molecule is COc1ccc(-c2ccc(Cn3ccc4nc(-c5cccc(F)c5F)nc-4c3)cc2F)cc1. The largest absolute Gasteiger partial charge is 0.497 e. The zero-order chi connectivity index (χ0) is 22.9. The summed E-state index contributed by atoms with van der Waals surface area (Å²) in [5.41, 5.74) is 3.14. The molecule has 0 spiro atoms. The topological polar surface area (TPSA) is 39.9 Å². The van der Waals surface area contributed by atoms with Crippen molar-refractivity contribution in [3.05, 3.63) is 102 Å². The van der Waals surface area contributed by atoms with Crippen LogP contribution in [0, 0.1) is 17.5 Å². The molecule has 0 amide bonds. The molecule has 0 bridgehead atoms. The lowest BCUT2D eigenvalue weighted by molar-refractivity contribution is 0.415. The molecule has 0 radical (unpaired) electrons. The molecule has 0 N–H and O–H groups in total. The van der Waals surface area contributed by atoms with Gasteiger partial charge in [0.2, 0.25) is 0 Å². The van der Waals surface area contributed by atoms with Crippen LogP contribution in [0.1, 0.15) is 5.56 Å². The fraction of sp³-hybridized carbons (Fsp3) is 0.0769. The summed E-state index contributed by atoms with van der Waals surface area (Å²) in [7, 11) is 1.58. The number of aromatic nitrogens is 3. The molecule has 0 fully saturated rings. The second-order valence-electron chi connectivity index (χ2n) is 7.58. The molecule has 33 heavy (non-hydrogen) atoms. The van der Waals surface area contributed by atoms with Crippen molar-refractivity contribution in [1.29, 1.82) is 0 Å². The Morgan fingerprint density at radius 3 is 2.36 bits per heavy atom. The van der Waals surface area contributed by atoms with Crippen LogP contribution in [0.4, 0.5) is 13.2 Å². The molecule has 164 valence electrons. The van der Waals surface area contributed by atoms with Crippen LogP contribution in [0.2, 0.25) is 0 Å². The maximum Gasteiger partial charge on any atom is 0.169 e. The molecule has 2 aliphatic rings. The van der Waals surface area contributed by atoms with Crippen LogP contribution in [-0.2, 0) is 6.54 Å². The number of methoxy groups -OCH3 is 1. The molecule has 0 saturated carbocycles. The monoisotopic (exact) mass is 445 g/mol. The van der Waals surface area contributed by atoms with Gasteiger partial charge in [-0.05, 0) is 47.5 Å². The first-order valence-corrected chi connectivity index (χ1v) is 10.2. The van der Waals surface area contributed by atoms with Crippen LogP contribution in [0.15, 0.2) is 79.1 Å². The second kappa shape index (κ2) is 8.43. The normalized spacial score (nSPS) is 11.2. The first kappa shape index (κ1) is 20.8. The summed E-state index contributed by atoms with van der Waals surface area (Å²) >= 11 is 0. The molecule has 0 aliphatic carbocycles. The molecule has 0 atom stereocenters. The zero-order valence-electron chi connectivity index (χ0n) is 17.6. The van der Waals surface area contributed by atoms with Gasteiger partial charge in [-0.25, -0.2) is 23.1 Å². The molecule has 4 nitrogen and oxygen atoms in total. The fourth-order valence-electron chi connectivity index (χ4n) is 3.72. The van der Waals surface area contributed by atoms with Crippen molar-refractivity contribution in [3.63, 3.8) is 0 Å². The molecule has 7 heteroatoms. The van der Waals surface area contributed by atoms with E-state index < -0.39 is 11.6 Å². The van der Waals surface area contributed by atoms with Gasteiger partial charge in [0, 0.05) is 24.5 Å². The van der Waals surface area contributed by atoms with Crippen molar-refractivity contribution >= 4 is 0 Å². The third-order valence-electron chi connectivity index (χ3n) is 5.42. The predicted molar refractivity (Wildman–Crippen MR) is 119 cm³/mol. The third kappa shape index (κ3) is 4.05. The lowest BCUT2D eigenvalue weighted by Gasteiger charge is -2.10. The summed E-state index contributed by atoms with van der Waals surface area (Å²) in [5, 5.41) is 0. The summed E-state index contributed by atoms with van der Waals surface area (Å²) in [6.45, 7) is 0.409. The van der Waals surface area contributed by atoms with E-state index >= 15 is 0 Å². The van der Waals surface area contributed by atoms with Crippen LogP contribution >= 0.6 is 0 Å². The number of fused-ring (bicyclic) bond motifs is 1. The van der Waals surface area contributed by atoms with Gasteiger partial charge in [0.05, 0.1) is 18.4 Å². The number of pyridine rings is 1. The van der Waals surface area contributed by atoms with Gasteiger partial charge >= 0.3 is 0 Å². The Kier molecular flexibility index (Phi) is 5.30. The fourth-order valence-corrected chi connectivity index (χ4v) is 3.72. The maximum absolute atomic E-state index is 14.8. The van der Waals surface area contributed by atoms with E-state index in [1.54, 1.807) is 43.8 Å². The van der Waals surface area contributed by atoms with Gasteiger partial charge in [-0.15, -0.1) is 0 Å². The van der Waals surface area contributed by atoms with Crippen molar-refractivity contribution in [3.8, 4) is 39.7 Å². The Morgan fingerprint density at radius 2 is 1.61 bits per heavy atom. The average molecular weight is 445 g/mol. The minimum atomic E-state index is -0.979. The quantitative estimate of drug-likeness (QED) is 0.324. The van der Waals surface area contributed by atoms with Crippen LogP contribution < -0.4 is 4.74 Å². The molecule has 3 aromatic carbocycles. The minimum absolute atomic E-state index is 0.00828. The first-order chi connectivity index (χ1) is 16.0. The number of ether oxygens (including phenoxy) is 1. The summed E-state index contributed by atoms with van der Waals surface area (Å²) in [4.78, 5) is 8.65. The van der Waals surface area contributed by atoms with E-state index in [-0.39, 0.29) is 17.2 Å². The number of benzene rings is 3. The maximum atomic E-state index is 14.8. The van der Waals surface area contributed by atoms with Crippen LogP contribution in [-0.4, -0.2) is 21.6 Å². The van der Waals surface area contributed by atoms with Crippen molar-refractivity contribution in [2.45, 2.75) is 6.54 Å². The highest BCUT2D eigenvalue weighted by Gasteiger charge is 2.17. The molecule has 3 aromatic rings. The molecular formula is C26H18F3N3O. The number of nitrogens with zero attached hydrogens (tertiary/aromatic N) is 3. The van der Waals surface area contributed by atoms with E-state index in [1.807, 2.05) is 22.8 Å². The van der Waals surface area contributed by atoms with Crippen molar-refractivity contribution in [1.82, 2.24) is 14.5 Å². The van der Waals surface area contributed by atoms with Gasteiger partial charge in [-0.3, -0.25) is 0 Å². The van der Waals surface area contributed by atoms with Crippen LogP contribution in [0.5, 0.6) is 5.75 Å². The van der Waals surface area contributed by atoms with Crippen molar-refractivity contribution in [2.75, 3.05) is 7.11 Å². The smallest absolute Gasteiger partial charge is 0.169 e. The van der Waals surface area contributed by atoms with E-state index in [1.165, 1.54) is 18.2 Å². The van der Waals surface area contributed by atoms with Crippen molar-refractivity contribution in [2.24, 2.45) is 0 Å². The molecule has 2 aliphatic heterocycles. The van der Waals surface area contributed by atoms with Gasteiger partial charge < -0.3 is 9.30 Å². The van der Waals surface area contributed by atoms with Gasteiger partial charge in [-0.2, -0.15) is 0 Å². The lowest BCUT2D eigenvalue weighted by atomic mass is 10.0. The molecule has 0 aromatic heterocycles. The molecule has 0 unspecified atom stereocenters. The first-order valence-electron chi connectivity index (χ1n) is 10.2. The highest BCUT2D eigenvalue weighted by atomic mass is 19.2. The highest BCUT2D eigenvalue weighted by Crippen LogP contribution is 2.29. The van der Waals surface area contributed by atoms with E-state index in [0.29, 0.717) is 29.2 Å². The number of hydrogen-bond acceptors (Lipinski definition) is 3. The lowest BCUT2D eigenvalue weighted by Crippen LogP contribution is -2.01. The van der Waals surface area contributed by atoms with E-state index in [4.69, 9.17) is 4.74 Å². The summed E-state index contributed by atoms with van der Waals surface area (Å²) < 4.78 is 49.5. The average Bonchev–Trinajstić information content (AvgIpc) is 3.24. The predicted octanol–water partition coefficient (Wildman–Crippen LogP) is 6.19. The molecule has 0 saturated heterocycles. The van der Waals surface area contributed by atoms with E-state index in [9.17, 15) is 13.2 Å². The second-order valence-corrected chi connectivity index (χ2v) is 7.58. The van der Waals surface area contributed by atoms with Crippen molar-refractivity contribution < 1.29 is 17.9 Å². The van der Waals surface area contributed by atoms with Crippen LogP contribution in [0.3, 0.4) is 0 Å². The van der Waals surface area contributed by atoms with E-state index in [2.05, 4.69) is 9.97 Å². The molecular weight excluding hydrogens is 427 g/mol. The Hall–Kier alpha value is -4.13. The Bertz CT molecular complexity index is 1410. The number of rotatable bonds is 5. The molecule has 2 heterocycles. The van der Waals surface area contributed by atoms with Gasteiger partial charge in [0.15, 0.2) is 17.5 Å². The summed E-state index contributed by atoms with van der Waals surface area (Å²) in [5.74, 6) is -1.42.